The SMILES string of the molecule is O=C(NCC(=O)N1CCCC1C(O)C(=O)NCn1nnc2ccccc21)c1ccnc2ccc(OCCCN3CCOCC3)cc12. The van der Waals surface area contributed by atoms with E-state index < -0.39 is 24.0 Å². The third-order valence-corrected chi connectivity index (χ3v) is 8.42. The van der Waals surface area contributed by atoms with Gasteiger partial charge in [-0.05, 0) is 55.7 Å². The zero-order valence-corrected chi connectivity index (χ0v) is 25.5. The van der Waals surface area contributed by atoms with Crippen molar-refractivity contribution in [2.45, 2.75) is 38.1 Å². The first-order valence-electron chi connectivity index (χ1n) is 15.6. The van der Waals surface area contributed by atoms with Crippen molar-refractivity contribution < 1.29 is 29.0 Å². The van der Waals surface area contributed by atoms with Gasteiger partial charge in [0.05, 0.1) is 49.0 Å². The second-order valence-electron chi connectivity index (χ2n) is 11.4. The fraction of sp³-hybridized carbons (Fsp3) is 0.438. The van der Waals surface area contributed by atoms with Gasteiger partial charge in [-0.15, -0.1) is 5.10 Å². The predicted molar refractivity (Wildman–Crippen MR) is 168 cm³/mol. The Morgan fingerprint density at radius 1 is 1.04 bits per heavy atom. The largest absolute Gasteiger partial charge is 0.494 e. The van der Waals surface area contributed by atoms with Crippen LogP contribution in [0.2, 0.25) is 0 Å². The summed E-state index contributed by atoms with van der Waals surface area (Å²) >= 11 is 0. The minimum Gasteiger partial charge on any atom is -0.494 e. The zero-order valence-electron chi connectivity index (χ0n) is 25.5. The van der Waals surface area contributed by atoms with Crippen LogP contribution in [0.15, 0.2) is 54.7 Å². The number of likely N-dealkylation sites (tertiary alicyclic amines) is 1. The van der Waals surface area contributed by atoms with Crippen LogP contribution in [0.1, 0.15) is 29.6 Å². The van der Waals surface area contributed by atoms with Crippen molar-refractivity contribution in [3.63, 3.8) is 0 Å². The molecule has 0 bridgehead atoms. The Balaban J connectivity index is 1.02. The number of ether oxygens (including phenoxy) is 2. The highest BCUT2D eigenvalue weighted by molar-refractivity contribution is 6.07. The van der Waals surface area contributed by atoms with Gasteiger partial charge in [0.25, 0.3) is 11.8 Å². The van der Waals surface area contributed by atoms with Crippen LogP contribution in [0.3, 0.4) is 0 Å². The van der Waals surface area contributed by atoms with Gasteiger partial charge in [-0.1, -0.05) is 17.3 Å². The van der Waals surface area contributed by atoms with Crippen molar-refractivity contribution in [1.29, 1.82) is 0 Å². The first-order chi connectivity index (χ1) is 22.5. The van der Waals surface area contributed by atoms with Gasteiger partial charge in [0.1, 0.15) is 17.9 Å². The molecule has 0 spiro atoms. The number of aliphatic hydroxyl groups is 1. The summed E-state index contributed by atoms with van der Waals surface area (Å²) in [5.74, 6) is -0.792. The topological polar surface area (TPSA) is 164 Å². The first-order valence-corrected chi connectivity index (χ1v) is 15.6. The summed E-state index contributed by atoms with van der Waals surface area (Å²) in [4.78, 5) is 47.5. The number of fused-ring (bicyclic) bond motifs is 2. The van der Waals surface area contributed by atoms with E-state index >= 15 is 0 Å². The number of para-hydroxylation sites is 1. The second-order valence-corrected chi connectivity index (χ2v) is 11.4. The van der Waals surface area contributed by atoms with Crippen molar-refractivity contribution in [3.05, 3.63) is 60.3 Å². The molecular weight excluding hydrogens is 592 g/mol. The smallest absolute Gasteiger partial charge is 0.252 e. The van der Waals surface area contributed by atoms with Crippen LogP contribution in [-0.2, 0) is 21.0 Å². The molecule has 14 nitrogen and oxygen atoms in total. The summed E-state index contributed by atoms with van der Waals surface area (Å²) in [5, 5.41) is 25.0. The molecule has 2 saturated heterocycles. The van der Waals surface area contributed by atoms with Crippen molar-refractivity contribution in [2.24, 2.45) is 0 Å². The van der Waals surface area contributed by atoms with Crippen LogP contribution in [0.5, 0.6) is 5.75 Å². The molecule has 4 heterocycles. The summed E-state index contributed by atoms with van der Waals surface area (Å²) in [5.41, 5.74) is 2.44. The molecule has 0 aliphatic carbocycles. The number of amides is 3. The van der Waals surface area contributed by atoms with Gasteiger partial charge in [0, 0.05) is 37.8 Å². The molecule has 0 saturated carbocycles. The maximum absolute atomic E-state index is 13.2. The number of carbonyl (C=O) groups excluding carboxylic acids is 3. The number of hydrogen-bond acceptors (Lipinski definition) is 10. The average Bonchev–Trinajstić information content (AvgIpc) is 3.75. The quantitative estimate of drug-likeness (QED) is 0.192. The molecule has 2 aromatic carbocycles. The maximum atomic E-state index is 13.2. The summed E-state index contributed by atoms with van der Waals surface area (Å²) in [6, 6.07) is 13.7. The molecule has 6 rings (SSSR count). The van der Waals surface area contributed by atoms with Crippen LogP contribution in [0, 0.1) is 0 Å². The van der Waals surface area contributed by atoms with Crippen LogP contribution < -0.4 is 15.4 Å². The van der Waals surface area contributed by atoms with Crippen molar-refractivity contribution in [3.8, 4) is 5.75 Å². The number of aliphatic hydroxyl groups excluding tert-OH is 1. The third kappa shape index (κ3) is 7.25. The van der Waals surface area contributed by atoms with Crippen molar-refractivity contribution in [2.75, 3.05) is 52.5 Å². The fourth-order valence-electron chi connectivity index (χ4n) is 5.97. The summed E-state index contributed by atoms with van der Waals surface area (Å²) < 4.78 is 12.9. The van der Waals surface area contributed by atoms with E-state index in [2.05, 4.69) is 30.8 Å². The summed E-state index contributed by atoms with van der Waals surface area (Å²) in [6.07, 6.45) is 2.08. The number of aromatic nitrogens is 4. The number of carbonyl (C=O) groups is 3. The van der Waals surface area contributed by atoms with E-state index in [1.807, 2.05) is 30.3 Å². The lowest BCUT2D eigenvalue weighted by Crippen LogP contribution is -2.51. The van der Waals surface area contributed by atoms with Gasteiger partial charge in [-0.2, -0.15) is 0 Å². The molecule has 2 atom stereocenters. The molecule has 3 N–H and O–H groups in total. The lowest BCUT2D eigenvalue weighted by Gasteiger charge is -2.28. The number of hydrogen-bond donors (Lipinski definition) is 3. The normalized spacial score (nSPS) is 17.7. The van der Waals surface area contributed by atoms with E-state index in [0.29, 0.717) is 53.7 Å². The number of benzene rings is 2. The Bertz CT molecular complexity index is 1690. The lowest BCUT2D eigenvalue weighted by atomic mass is 10.1. The first kappa shape index (κ1) is 31.3. The van der Waals surface area contributed by atoms with Crippen LogP contribution in [0.25, 0.3) is 21.9 Å². The fourth-order valence-corrected chi connectivity index (χ4v) is 5.97. The molecule has 2 fully saturated rings. The molecular formula is C32H38N8O6. The Morgan fingerprint density at radius 2 is 1.89 bits per heavy atom. The number of nitrogens with one attached hydrogen (secondary N) is 2. The van der Waals surface area contributed by atoms with E-state index in [1.165, 1.54) is 9.58 Å². The molecule has 242 valence electrons. The monoisotopic (exact) mass is 630 g/mol. The van der Waals surface area contributed by atoms with Crippen molar-refractivity contribution >= 4 is 39.7 Å². The Labute approximate surface area is 265 Å². The van der Waals surface area contributed by atoms with Gasteiger partial charge in [-0.25, -0.2) is 4.68 Å². The second kappa shape index (κ2) is 14.6. The highest BCUT2D eigenvalue weighted by Crippen LogP contribution is 2.24. The van der Waals surface area contributed by atoms with E-state index in [-0.39, 0.29) is 19.1 Å². The molecule has 14 heteroatoms. The van der Waals surface area contributed by atoms with Gasteiger partial charge in [-0.3, -0.25) is 24.3 Å². The number of rotatable bonds is 12. The van der Waals surface area contributed by atoms with E-state index in [0.717, 1.165) is 44.8 Å². The van der Waals surface area contributed by atoms with Gasteiger partial charge in [0.15, 0.2) is 6.10 Å². The number of morpholine rings is 1. The molecule has 2 aliphatic rings. The standard InChI is InChI=1S/C32H38N8O6/c41-29(39-13-3-7-28(39)30(42)32(44)35-21-40-27-6-2-1-5-26(27)36-37-40)20-34-31(43)23-10-11-33-25-9-8-22(19-24(23)25)46-16-4-12-38-14-17-45-18-15-38/h1-2,5-6,8-11,19,28,30,42H,3-4,7,12-18,20-21H2,(H,34,43)(H,35,44). The third-order valence-electron chi connectivity index (χ3n) is 8.42. The van der Waals surface area contributed by atoms with E-state index in [4.69, 9.17) is 9.47 Å². The molecule has 2 unspecified atom stereocenters. The van der Waals surface area contributed by atoms with Gasteiger partial charge >= 0.3 is 0 Å². The Kier molecular flexibility index (Phi) is 9.96. The average molecular weight is 631 g/mol. The van der Waals surface area contributed by atoms with Crippen LogP contribution in [0.4, 0.5) is 0 Å². The zero-order chi connectivity index (χ0) is 31.9. The molecule has 3 amide bonds. The van der Waals surface area contributed by atoms with Crippen LogP contribution >= 0.6 is 0 Å². The van der Waals surface area contributed by atoms with Gasteiger partial charge < -0.3 is 30.1 Å². The molecule has 2 aliphatic heterocycles. The summed E-state index contributed by atoms with van der Waals surface area (Å²) in [6.45, 7) is 4.97. The molecule has 4 aromatic rings. The molecule has 2 aromatic heterocycles. The molecule has 46 heavy (non-hydrogen) atoms. The minimum absolute atomic E-state index is 0.0220. The Hall–Kier alpha value is -4.66. The summed E-state index contributed by atoms with van der Waals surface area (Å²) in [7, 11) is 0. The van der Waals surface area contributed by atoms with Crippen molar-refractivity contribution in [1.82, 2.24) is 40.4 Å². The number of nitrogens with zero attached hydrogens (tertiary/aromatic N) is 6. The minimum atomic E-state index is -1.44. The predicted octanol–water partition coefficient (Wildman–Crippen LogP) is 0.936. The van der Waals surface area contributed by atoms with E-state index in [1.54, 1.807) is 24.4 Å². The van der Waals surface area contributed by atoms with Gasteiger partial charge in [0.2, 0.25) is 5.91 Å². The lowest BCUT2D eigenvalue weighted by molar-refractivity contribution is -0.139. The van der Waals surface area contributed by atoms with E-state index in [9.17, 15) is 19.5 Å². The Morgan fingerprint density at radius 3 is 2.76 bits per heavy atom. The molecule has 0 radical (unpaired) electrons. The van der Waals surface area contributed by atoms with Crippen LogP contribution in [-0.4, -0.2) is 117 Å². The number of pyridine rings is 1. The highest BCUT2D eigenvalue weighted by atomic mass is 16.5. The maximum Gasteiger partial charge on any atom is 0.252 e. The highest BCUT2D eigenvalue weighted by Gasteiger charge is 2.37.